The fourth-order valence-corrected chi connectivity index (χ4v) is 1.19. The molecule has 2 aromatic rings. The molecule has 6 heteroatoms. The van der Waals surface area contributed by atoms with E-state index in [0.717, 1.165) is 5.69 Å². The summed E-state index contributed by atoms with van der Waals surface area (Å²) >= 11 is 0. The molecule has 82 valence electrons. The van der Waals surface area contributed by atoms with Crippen LogP contribution in [-0.4, -0.2) is 21.2 Å². The molecule has 2 rings (SSSR count). The fourth-order valence-electron chi connectivity index (χ4n) is 1.19. The minimum atomic E-state index is -0.315. The Balaban J connectivity index is 1.97. The third-order valence-electron chi connectivity index (χ3n) is 2.02. The van der Waals surface area contributed by atoms with Crippen LogP contribution < -0.4 is 5.32 Å². The van der Waals surface area contributed by atoms with Gasteiger partial charge in [-0.05, 0) is 24.2 Å². The van der Waals surface area contributed by atoms with Crippen molar-refractivity contribution in [3.8, 4) is 0 Å². The summed E-state index contributed by atoms with van der Waals surface area (Å²) in [6, 6.07) is 5.50. The van der Waals surface area contributed by atoms with Gasteiger partial charge in [0.25, 0.3) is 5.91 Å². The van der Waals surface area contributed by atoms with E-state index in [1.165, 1.54) is 0 Å². The van der Waals surface area contributed by atoms with E-state index in [-0.39, 0.29) is 11.6 Å². The molecule has 0 fully saturated rings. The zero-order chi connectivity index (χ0) is 11.4. The monoisotopic (exact) mass is 218 g/mol. The van der Waals surface area contributed by atoms with Crippen LogP contribution in [0, 0.1) is 6.92 Å². The second kappa shape index (κ2) is 4.52. The summed E-state index contributed by atoms with van der Waals surface area (Å²) in [5, 5.41) is 9.72. The van der Waals surface area contributed by atoms with Crippen LogP contribution in [0.1, 0.15) is 21.9 Å². The molecule has 1 N–H and O–H groups in total. The van der Waals surface area contributed by atoms with Crippen molar-refractivity contribution in [3.63, 3.8) is 0 Å². The number of nitrogens with zero attached hydrogens (tertiary/aromatic N) is 3. The van der Waals surface area contributed by atoms with Crippen LogP contribution in [0.25, 0.3) is 0 Å². The zero-order valence-electron chi connectivity index (χ0n) is 8.67. The third-order valence-corrected chi connectivity index (χ3v) is 2.02. The molecule has 16 heavy (non-hydrogen) atoms. The topological polar surface area (TPSA) is 80.9 Å². The fraction of sp³-hybridized carbons (Fsp3) is 0.200. The average Bonchev–Trinajstić information content (AvgIpc) is 2.74. The lowest BCUT2D eigenvalue weighted by Gasteiger charge is -2.01. The minimum Gasteiger partial charge on any atom is -0.345 e. The highest BCUT2D eigenvalue weighted by molar-refractivity contribution is 5.92. The first-order chi connectivity index (χ1) is 7.77. The summed E-state index contributed by atoms with van der Waals surface area (Å²) in [6.45, 7) is 2.01. The number of rotatable bonds is 3. The van der Waals surface area contributed by atoms with E-state index in [2.05, 4.69) is 25.2 Å². The van der Waals surface area contributed by atoms with Crippen LogP contribution in [0.2, 0.25) is 0 Å². The molecule has 0 spiro atoms. The highest BCUT2D eigenvalue weighted by atomic mass is 16.6. The molecule has 1 amide bonds. The number of pyridine rings is 1. The van der Waals surface area contributed by atoms with Crippen molar-refractivity contribution >= 4 is 5.91 Å². The Morgan fingerprint density at radius 2 is 2.31 bits per heavy atom. The maximum Gasteiger partial charge on any atom is 0.275 e. The Morgan fingerprint density at radius 1 is 1.44 bits per heavy atom. The smallest absolute Gasteiger partial charge is 0.275 e. The molecule has 0 aliphatic rings. The highest BCUT2D eigenvalue weighted by Gasteiger charge is 2.14. The van der Waals surface area contributed by atoms with Gasteiger partial charge in [-0.15, -0.1) is 0 Å². The first kappa shape index (κ1) is 10.3. The van der Waals surface area contributed by atoms with Gasteiger partial charge in [0.1, 0.15) is 5.69 Å². The van der Waals surface area contributed by atoms with Gasteiger partial charge in [0.05, 0.1) is 12.2 Å². The van der Waals surface area contributed by atoms with E-state index >= 15 is 0 Å². The third kappa shape index (κ3) is 2.22. The molecule has 0 saturated heterocycles. The minimum absolute atomic E-state index is 0.205. The molecule has 6 nitrogen and oxygen atoms in total. The molecular weight excluding hydrogens is 208 g/mol. The Hall–Kier alpha value is -2.24. The number of hydrogen-bond donors (Lipinski definition) is 1. The van der Waals surface area contributed by atoms with Crippen LogP contribution in [-0.2, 0) is 6.54 Å². The van der Waals surface area contributed by atoms with Gasteiger partial charge in [0.2, 0.25) is 0 Å². The highest BCUT2D eigenvalue weighted by Crippen LogP contribution is 2.00. The van der Waals surface area contributed by atoms with E-state index < -0.39 is 0 Å². The predicted octanol–water partition coefficient (Wildman–Crippen LogP) is 0.703. The van der Waals surface area contributed by atoms with Crippen LogP contribution in [0.4, 0.5) is 0 Å². The largest absolute Gasteiger partial charge is 0.345 e. The molecule has 0 radical (unpaired) electrons. The van der Waals surface area contributed by atoms with Crippen molar-refractivity contribution in [3.05, 3.63) is 41.5 Å². The quantitative estimate of drug-likeness (QED) is 0.820. The molecule has 0 saturated carbocycles. The van der Waals surface area contributed by atoms with Gasteiger partial charge in [0, 0.05) is 6.20 Å². The number of aryl methyl sites for hydroxylation is 1. The van der Waals surface area contributed by atoms with Crippen LogP contribution >= 0.6 is 0 Å². The average molecular weight is 218 g/mol. The van der Waals surface area contributed by atoms with Crippen molar-refractivity contribution in [1.82, 2.24) is 20.6 Å². The van der Waals surface area contributed by atoms with Crippen molar-refractivity contribution in [1.29, 1.82) is 0 Å². The lowest BCUT2D eigenvalue weighted by Crippen LogP contribution is -2.24. The van der Waals surface area contributed by atoms with E-state index in [0.29, 0.717) is 12.2 Å². The molecule has 0 aliphatic heterocycles. The second-order valence-electron chi connectivity index (χ2n) is 3.20. The number of carbonyl (C=O) groups excluding carboxylic acids is 1. The lowest BCUT2D eigenvalue weighted by atomic mass is 10.3. The second-order valence-corrected chi connectivity index (χ2v) is 3.20. The van der Waals surface area contributed by atoms with Gasteiger partial charge in [-0.25, -0.2) is 4.63 Å². The van der Waals surface area contributed by atoms with Gasteiger partial charge >= 0.3 is 0 Å². The number of carbonyl (C=O) groups is 1. The Morgan fingerprint density at radius 3 is 2.94 bits per heavy atom. The molecule has 0 unspecified atom stereocenters. The normalized spacial score (nSPS) is 10.1. The SMILES string of the molecule is Cc1nonc1C(=O)NCc1ccccn1. The molecule has 0 aliphatic carbocycles. The lowest BCUT2D eigenvalue weighted by molar-refractivity contribution is 0.0940. The van der Waals surface area contributed by atoms with Crippen molar-refractivity contribution in [2.45, 2.75) is 13.5 Å². The zero-order valence-corrected chi connectivity index (χ0v) is 8.67. The Bertz CT molecular complexity index is 481. The number of amides is 1. The molecular formula is C10H10N4O2. The maximum atomic E-state index is 11.6. The van der Waals surface area contributed by atoms with E-state index in [1.54, 1.807) is 13.1 Å². The van der Waals surface area contributed by atoms with Gasteiger partial charge in [-0.1, -0.05) is 11.2 Å². The van der Waals surface area contributed by atoms with Crippen LogP contribution in [0.15, 0.2) is 29.0 Å². The summed E-state index contributed by atoms with van der Waals surface area (Å²) < 4.78 is 4.44. The van der Waals surface area contributed by atoms with Gasteiger partial charge < -0.3 is 5.32 Å². The first-order valence-electron chi connectivity index (χ1n) is 4.74. The molecule has 0 atom stereocenters. The number of nitrogens with one attached hydrogen (secondary N) is 1. The van der Waals surface area contributed by atoms with Crippen LogP contribution in [0.3, 0.4) is 0 Å². The van der Waals surface area contributed by atoms with Crippen LogP contribution in [0.5, 0.6) is 0 Å². The van der Waals surface area contributed by atoms with E-state index in [1.807, 2.05) is 18.2 Å². The van der Waals surface area contributed by atoms with Gasteiger partial charge in [-0.3, -0.25) is 9.78 Å². The number of aromatic nitrogens is 3. The van der Waals surface area contributed by atoms with Crippen molar-refractivity contribution in [2.75, 3.05) is 0 Å². The summed E-state index contributed by atoms with van der Waals surface area (Å²) in [4.78, 5) is 15.7. The number of hydrogen-bond acceptors (Lipinski definition) is 5. The van der Waals surface area contributed by atoms with Crippen molar-refractivity contribution < 1.29 is 9.42 Å². The van der Waals surface area contributed by atoms with E-state index in [9.17, 15) is 4.79 Å². The standard InChI is InChI=1S/C10H10N4O2/c1-7-9(14-16-13-7)10(15)12-6-8-4-2-3-5-11-8/h2-5H,6H2,1H3,(H,12,15). The first-order valence-corrected chi connectivity index (χ1v) is 4.74. The Kier molecular flexibility index (Phi) is 2.90. The van der Waals surface area contributed by atoms with Crippen molar-refractivity contribution in [2.24, 2.45) is 0 Å². The molecule has 2 aromatic heterocycles. The summed E-state index contributed by atoms with van der Waals surface area (Å²) in [5.41, 5.74) is 1.46. The van der Waals surface area contributed by atoms with Gasteiger partial charge in [0.15, 0.2) is 5.69 Å². The summed E-state index contributed by atoms with van der Waals surface area (Å²) in [6.07, 6.45) is 1.67. The van der Waals surface area contributed by atoms with Gasteiger partial charge in [-0.2, -0.15) is 0 Å². The summed E-state index contributed by atoms with van der Waals surface area (Å²) in [5.74, 6) is -0.315. The molecule has 0 bridgehead atoms. The van der Waals surface area contributed by atoms with E-state index in [4.69, 9.17) is 0 Å². The predicted molar refractivity (Wildman–Crippen MR) is 54.4 cm³/mol. The summed E-state index contributed by atoms with van der Waals surface area (Å²) in [7, 11) is 0. The Labute approximate surface area is 91.7 Å². The molecule has 2 heterocycles. The molecule has 0 aromatic carbocycles. The maximum absolute atomic E-state index is 11.6.